The zero-order chi connectivity index (χ0) is 13.5. The predicted molar refractivity (Wildman–Crippen MR) is 83.4 cm³/mol. The van der Waals surface area contributed by atoms with Crippen LogP contribution in [0.4, 0.5) is 0 Å². The Kier molecular flexibility index (Phi) is 6.32. The molecule has 0 spiro atoms. The molecule has 0 bridgehead atoms. The molecule has 0 saturated heterocycles. The molecule has 1 aliphatic carbocycles. The first-order chi connectivity index (χ1) is 9.31. The van der Waals surface area contributed by atoms with Crippen LogP contribution < -0.4 is 5.32 Å². The van der Waals surface area contributed by atoms with Crippen LogP contribution >= 0.6 is 11.8 Å². The van der Waals surface area contributed by atoms with Crippen LogP contribution in [0.3, 0.4) is 0 Å². The van der Waals surface area contributed by atoms with Crippen LogP contribution in [0.25, 0.3) is 0 Å². The molecule has 108 valence electrons. The number of hydrogen-bond donors (Lipinski definition) is 1. The average molecular weight is 281 g/mol. The quantitative estimate of drug-likeness (QED) is 0.799. The van der Waals surface area contributed by atoms with E-state index in [4.69, 9.17) is 4.42 Å². The lowest BCUT2D eigenvalue weighted by Gasteiger charge is -2.27. The summed E-state index contributed by atoms with van der Waals surface area (Å²) >= 11 is 1.80. The van der Waals surface area contributed by atoms with Crippen molar-refractivity contribution in [3.63, 3.8) is 0 Å². The fourth-order valence-electron chi connectivity index (χ4n) is 2.98. The molecule has 0 atom stereocenters. The molecule has 1 aliphatic rings. The number of hydrogen-bond acceptors (Lipinski definition) is 3. The number of rotatable bonds is 7. The van der Waals surface area contributed by atoms with Gasteiger partial charge in [-0.25, -0.2) is 0 Å². The zero-order valence-corrected chi connectivity index (χ0v) is 13.1. The molecule has 0 unspecified atom stereocenters. The van der Waals surface area contributed by atoms with E-state index in [1.165, 1.54) is 32.1 Å². The van der Waals surface area contributed by atoms with Gasteiger partial charge in [-0.2, -0.15) is 11.8 Å². The first-order valence-corrected chi connectivity index (χ1v) is 8.98. The van der Waals surface area contributed by atoms with E-state index in [1.54, 1.807) is 11.8 Å². The number of nitrogens with one attached hydrogen (secondary N) is 1. The summed E-state index contributed by atoms with van der Waals surface area (Å²) < 4.78 is 5.76. The van der Waals surface area contributed by atoms with E-state index in [0.29, 0.717) is 0 Å². The smallest absolute Gasteiger partial charge is 0.117 e. The summed E-state index contributed by atoms with van der Waals surface area (Å²) in [6.07, 6.45) is 9.14. The van der Waals surface area contributed by atoms with Crippen LogP contribution in [-0.2, 0) is 12.3 Å². The summed E-state index contributed by atoms with van der Waals surface area (Å²) in [5.74, 6) is 5.01. The van der Waals surface area contributed by atoms with Crippen molar-refractivity contribution in [3.8, 4) is 0 Å². The molecule has 1 saturated carbocycles. The number of thioether (sulfide) groups is 1. The highest BCUT2D eigenvalue weighted by molar-refractivity contribution is 7.97. The summed E-state index contributed by atoms with van der Waals surface area (Å²) in [4.78, 5) is 0. The summed E-state index contributed by atoms with van der Waals surface area (Å²) in [5, 5.41) is 3.56. The fraction of sp³-hybridized carbons (Fsp3) is 0.750. The Bertz CT molecular complexity index is 355. The van der Waals surface area contributed by atoms with E-state index in [1.807, 2.05) is 0 Å². The van der Waals surface area contributed by atoms with Crippen LogP contribution in [0.15, 0.2) is 16.5 Å². The summed E-state index contributed by atoms with van der Waals surface area (Å²) in [6.45, 7) is 4.35. The lowest BCUT2D eigenvalue weighted by Crippen LogP contribution is -2.26. The van der Waals surface area contributed by atoms with Gasteiger partial charge in [0.1, 0.15) is 11.5 Å². The highest BCUT2D eigenvalue weighted by Crippen LogP contribution is 2.30. The Morgan fingerprint density at radius 3 is 2.53 bits per heavy atom. The molecule has 0 amide bonds. The Morgan fingerprint density at radius 2 is 1.84 bits per heavy atom. The van der Waals surface area contributed by atoms with Gasteiger partial charge in [0.25, 0.3) is 0 Å². The van der Waals surface area contributed by atoms with E-state index in [9.17, 15) is 0 Å². The number of furan rings is 1. The normalized spacial score (nSPS) is 23.7. The van der Waals surface area contributed by atoms with Crippen molar-refractivity contribution in [2.45, 2.75) is 51.3 Å². The van der Waals surface area contributed by atoms with Gasteiger partial charge in [-0.1, -0.05) is 26.2 Å². The van der Waals surface area contributed by atoms with Crippen LogP contribution in [0.5, 0.6) is 0 Å². The summed E-state index contributed by atoms with van der Waals surface area (Å²) in [7, 11) is 0. The monoisotopic (exact) mass is 281 g/mol. The van der Waals surface area contributed by atoms with Crippen molar-refractivity contribution in [2.75, 3.05) is 12.8 Å². The van der Waals surface area contributed by atoms with Crippen molar-refractivity contribution in [1.29, 1.82) is 0 Å². The Labute approximate surface area is 121 Å². The molecule has 0 radical (unpaired) electrons. The molecular weight excluding hydrogens is 254 g/mol. The van der Waals surface area contributed by atoms with Gasteiger partial charge in [-0.3, -0.25) is 0 Å². The zero-order valence-electron chi connectivity index (χ0n) is 12.3. The maximum atomic E-state index is 5.76. The third-order valence-electron chi connectivity index (χ3n) is 4.28. The molecule has 2 nitrogen and oxygen atoms in total. The van der Waals surface area contributed by atoms with Crippen molar-refractivity contribution in [1.82, 2.24) is 5.32 Å². The molecule has 1 heterocycles. The second kappa shape index (κ2) is 8.01. The molecule has 2 rings (SSSR count). The average Bonchev–Trinajstić information content (AvgIpc) is 2.88. The van der Waals surface area contributed by atoms with E-state index < -0.39 is 0 Å². The minimum Gasteiger partial charge on any atom is -0.464 e. The minimum absolute atomic E-state index is 0.877. The molecule has 1 aromatic rings. The van der Waals surface area contributed by atoms with Crippen LogP contribution in [-0.4, -0.2) is 12.8 Å². The summed E-state index contributed by atoms with van der Waals surface area (Å²) in [5.41, 5.74) is 0. The molecule has 1 aromatic heterocycles. The molecule has 1 fully saturated rings. The molecule has 0 aliphatic heterocycles. The molecule has 3 heteroatoms. The van der Waals surface area contributed by atoms with Gasteiger partial charge in [-0.15, -0.1) is 0 Å². The van der Waals surface area contributed by atoms with Crippen LogP contribution in [0.2, 0.25) is 0 Å². The Hall–Kier alpha value is -0.410. The van der Waals surface area contributed by atoms with E-state index in [0.717, 1.165) is 42.2 Å². The third-order valence-corrected chi connectivity index (χ3v) is 4.85. The first-order valence-electron chi connectivity index (χ1n) is 7.59. The lowest BCUT2D eigenvalue weighted by molar-refractivity contribution is 0.260. The van der Waals surface area contributed by atoms with Crippen molar-refractivity contribution < 1.29 is 4.42 Å². The van der Waals surface area contributed by atoms with Crippen LogP contribution in [0, 0.1) is 11.8 Å². The Balaban J connectivity index is 1.63. The van der Waals surface area contributed by atoms with Gasteiger partial charge < -0.3 is 9.73 Å². The lowest BCUT2D eigenvalue weighted by atomic mass is 9.81. The van der Waals surface area contributed by atoms with E-state index in [2.05, 4.69) is 30.6 Å². The van der Waals surface area contributed by atoms with E-state index in [-0.39, 0.29) is 0 Å². The second-order valence-electron chi connectivity index (χ2n) is 5.73. The van der Waals surface area contributed by atoms with Crippen molar-refractivity contribution in [3.05, 3.63) is 23.7 Å². The van der Waals surface area contributed by atoms with E-state index >= 15 is 0 Å². The van der Waals surface area contributed by atoms with Crippen LogP contribution in [0.1, 0.15) is 50.5 Å². The van der Waals surface area contributed by atoms with Gasteiger partial charge in [-0.05, 0) is 49.6 Å². The van der Waals surface area contributed by atoms with Crippen molar-refractivity contribution >= 4 is 11.8 Å². The van der Waals surface area contributed by atoms with Gasteiger partial charge >= 0.3 is 0 Å². The largest absolute Gasteiger partial charge is 0.464 e. The predicted octanol–water partition coefficient (Wildman–Crippen LogP) is 4.45. The fourth-order valence-corrected chi connectivity index (χ4v) is 3.42. The Morgan fingerprint density at radius 1 is 1.16 bits per heavy atom. The van der Waals surface area contributed by atoms with Crippen molar-refractivity contribution in [2.24, 2.45) is 11.8 Å². The van der Waals surface area contributed by atoms with Gasteiger partial charge in [0.15, 0.2) is 0 Å². The minimum atomic E-state index is 0.877. The van der Waals surface area contributed by atoms with Gasteiger partial charge in [0.05, 0.1) is 12.3 Å². The highest BCUT2D eigenvalue weighted by atomic mass is 32.2. The van der Waals surface area contributed by atoms with Gasteiger partial charge in [0, 0.05) is 0 Å². The standard InChI is InChI=1S/C16H27NOS/c1-3-13-4-6-14(7-5-13)10-17-11-15-8-9-16(18-15)12-19-2/h8-9,13-14,17H,3-7,10-12H2,1-2H3. The molecule has 19 heavy (non-hydrogen) atoms. The van der Waals surface area contributed by atoms with Gasteiger partial charge in [0.2, 0.25) is 0 Å². The highest BCUT2D eigenvalue weighted by Gasteiger charge is 2.19. The topological polar surface area (TPSA) is 25.2 Å². The first kappa shape index (κ1) is 15.0. The summed E-state index contributed by atoms with van der Waals surface area (Å²) in [6, 6.07) is 4.20. The molecule has 1 N–H and O–H groups in total. The molecular formula is C16H27NOS. The second-order valence-corrected chi connectivity index (χ2v) is 6.59. The third kappa shape index (κ3) is 4.88. The SMILES string of the molecule is CCC1CCC(CNCc2ccc(CSC)o2)CC1. The maximum Gasteiger partial charge on any atom is 0.117 e. The molecule has 0 aromatic carbocycles. The maximum absolute atomic E-state index is 5.76.